The van der Waals surface area contributed by atoms with Crippen LogP contribution in [-0.4, -0.2) is 22.1 Å². The number of rotatable bonds is 7. The number of thiazole rings is 1. The van der Waals surface area contributed by atoms with E-state index >= 15 is 0 Å². The molecule has 0 radical (unpaired) electrons. The van der Waals surface area contributed by atoms with Crippen LogP contribution in [0.3, 0.4) is 0 Å². The zero-order chi connectivity index (χ0) is 33.5. The van der Waals surface area contributed by atoms with Crippen molar-refractivity contribution in [2.75, 3.05) is 6.61 Å². The minimum absolute atomic E-state index is 0.204. The molecule has 0 aliphatic carbocycles. The molecule has 1 aliphatic heterocycles. The third-order valence-corrected chi connectivity index (χ3v) is 9.90. The summed E-state index contributed by atoms with van der Waals surface area (Å²) >= 11 is 1.34. The van der Waals surface area contributed by atoms with Gasteiger partial charge in [-0.15, -0.1) is 0 Å². The third-order valence-electron chi connectivity index (χ3n) is 8.92. The van der Waals surface area contributed by atoms with Crippen LogP contribution in [0.15, 0.2) is 112 Å². The van der Waals surface area contributed by atoms with E-state index in [2.05, 4.69) is 69.1 Å². The average Bonchev–Trinajstić information content (AvgIpc) is 3.61. The van der Waals surface area contributed by atoms with Crippen LogP contribution in [0, 0.1) is 13.8 Å². The number of hydrogen-bond donors (Lipinski definition) is 1. The zero-order valence-corrected chi connectivity index (χ0v) is 28.5. The molecule has 0 saturated carbocycles. The van der Waals surface area contributed by atoms with Crippen molar-refractivity contribution in [2.24, 2.45) is 4.99 Å². The lowest BCUT2D eigenvalue weighted by atomic mass is 9.91. The lowest BCUT2D eigenvalue weighted by Crippen LogP contribution is -2.40. The van der Waals surface area contributed by atoms with Crippen molar-refractivity contribution in [1.29, 1.82) is 0 Å². The molecule has 2 aromatic heterocycles. The Morgan fingerprint density at radius 3 is 2.27 bits per heavy atom. The van der Waals surface area contributed by atoms with Gasteiger partial charge in [0.1, 0.15) is 0 Å². The average molecular weight is 652 g/mol. The van der Waals surface area contributed by atoms with E-state index in [1.54, 1.807) is 11.5 Å². The summed E-state index contributed by atoms with van der Waals surface area (Å²) in [4.78, 5) is 37.8. The number of nitrogens with zero attached hydrogens (tertiary/aromatic N) is 2. The van der Waals surface area contributed by atoms with E-state index < -0.39 is 12.0 Å². The second-order valence-corrected chi connectivity index (χ2v) is 13.5. The summed E-state index contributed by atoms with van der Waals surface area (Å²) in [6.45, 7) is 10.5. The number of aromatic amines is 1. The van der Waals surface area contributed by atoms with Crippen LogP contribution in [-0.2, 0) is 9.53 Å². The summed E-state index contributed by atoms with van der Waals surface area (Å²) in [5.74, 6) is -0.149. The van der Waals surface area contributed by atoms with Crippen molar-refractivity contribution in [2.45, 2.75) is 46.6 Å². The quantitative estimate of drug-likeness (QED) is 0.179. The largest absolute Gasteiger partial charge is 0.463 e. The fourth-order valence-corrected chi connectivity index (χ4v) is 7.59. The summed E-state index contributed by atoms with van der Waals surface area (Å²) in [6, 6.07) is 31.6. The van der Waals surface area contributed by atoms with E-state index in [1.165, 1.54) is 16.9 Å². The van der Waals surface area contributed by atoms with Gasteiger partial charge in [-0.2, -0.15) is 0 Å². The number of carbonyl (C=O) groups is 1. The standard InChI is InChI=1S/C41H37N3O3S/c1-6-47-40(46)34-37(29-15-11-8-12-16-29)43-41-44(38(34)30-19-17-27(18-20-30)24(2)3)39(45)33(48-41)23-32-31-22-25(4)21-26(5)35(31)42-36(32)28-13-9-7-10-14-28/h7-24,38,42H,6H2,1-5H3/b33-23-/t38-/m1/s1. The highest BCUT2D eigenvalue weighted by molar-refractivity contribution is 7.07. The van der Waals surface area contributed by atoms with E-state index in [0.717, 1.165) is 50.0 Å². The van der Waals surface area contributed by atoms with E-state index in [4.69, 9.17) is 9.73 Å². The van der Waals surface area contributed by atoms with Gasteiger partial charge in [0, 0.05) is 22.0 Å². The first-order valence-electron chi connectivity index (χ1n) is 16.3. The maximum absolute atomic E-state index is 14.7. The van der Waals surface area contributed by atoms with Gasteiger partial charge in [-0.05, 0) is 61.1 Å². The number of aryl methyl sites for hydroxylation is 2. The highest BCUT2D eigenvalue weighted by Gasteiger charge is 2.35. The number of fused-ring (bicyclic) bond motifs is 2. The van der Waals surface area contributed by atoms with Crippen LogP contribution in [0.4, 0.5) is 0 Å². The Hall–Kier alpha value is -5.27. The van der Waals surface area contributed by atoms with Crippen molar-refractivity contribution < 1.29 is 9.53 Å². The van der Waals surface area contributed by atoms with Crippen LogP contribution >= 0.6 is 11.3 Å². The van der Waals surface area contributed by atoms with Gasteiger partial charge in [-0.25, -0.2) is 9.79 Å². The zero-order valence-electron chi connectivity index (χ0n) is 27.7. The summed E-state index contributed by atoms with van der Waals surface area (Å²) in [5, 5.41) is 1.05. The number of H-pyrrole nitrogens is 1. The molecule has 4 aromatic carbocycles. The Labute approximate surface area is 283 Å². The second kappa shape index (κ2) is 12.7. The Balaban J connectivity index is 1.54. The Bertz CT molecular complexity index is 2380. The normalized spacial score (nSPS) is 14.8. The number of carbonyl (C=O) groups excluding carboxylic acids is 1. The van der Waals surface area contributed by atoms with Gasteiger partial charge in [-0.3, -0.25) is 9.36 Å². The molecule has 1 atom stereocenters. The summed E-state index contributed by atoms with van der Waals surface area (Å²) in [7, 11) is 0. The molecular formula is C41H37N3O3S. The topological polar surface area (TPSA) is 76.4 Å². The van der Waals surface area contributed by atoms with Gasteiger partial charge in [0.25, 0.3) is 5.56 Å². The molecule has 240 valence electrons. The maximum Gasteiger partial charge on any atom is 0.338 e. The SMILES string of the molecule is CCOC(=O)C1=C(c2ccccc2)N=c2s/c(=C\c3c(-c4ccccc4)[nH]c4c(C)cc(C)cc34)c(=O)n2[C@@H]1c1ccc(C(C)C)cc1. The van der Waals surface area contributed by atoms with Gasteiger partial charge < -0.3 is 9.72 Å². The van der Waals surface area contributed by atoms with Crippen molar-refractivity contribution in [3.8, 4) is 11.3 Å². The molecule has 1 aliphatic rings. The number of hydrogen-bond acceptors (Lipinski definition) is 5. The van der Waals surface area contributed by atoms with Crippen molar-refractivity contribution in [3.63, 3.8) is 0 Å². The first-order valence-corrected chi connectivity index (χ1v) is 17.1. The lowest BCUT2D eigenvalue weighted by molar-refractivity contribution is -0.138. The molecule has 1 N–H and O–H groups in total. The fourth-order valence-electron chi connectivity index (χ4n) is 6.61. The molecule has 0 unspecified atom stereocenters. The van der Waals surface area contributed by atoms with E-state index in [0.29, 0.717) is 26.5 Å². The lowest BCUT2D eigenvalue weighted by Gasteiger charge is -2.26. The molecule has 0 saturated heterocycles. The molecule has 7 rings (SSSR count). The maximum atomic E-state index is 14.7. The van der Waals surface area contributed by atoms with Crippen LogP contribution in [0.5, 0.6) is 0 Å². The molecule has 7 heteroatoms. The van der Waals surface area contributed by atoms with E-state index in [-0.39, 0.29) is 12.2 Å². The van der Waals surface area contributed by atoms with Gasteiger partial charge in [-0.1, -0.05) is 122 Å². The van der Waals surface area contributed by atoms with Crippen molar-refractivity contribution >= 4 is 40.0 Å². The van der Waals surface area contributed by atoms with E-state index in [9.17, 15) is 9.59 Å². The van der Waals surface area contributed by atoms with Crippen molar-refractivity contribution in [3.05, 3.63) is 156 Å². The van der Waals surface area contributed by atoms with Crippen molar-refractivity contribution in [1.82, 2.24) is 9.55 Å². The minimum atomic E-state index is -0.722. The molecule has 48 heavy (non-hydrogen) atoms. The molecule has 6 aromatic rings. The number of benzene rings is 4. The van der Waals surface area contributed by atoms with Crippen LogP contribution < -0.4 is 14.9 Å². The Morgan fingerprint density at radius 2 is 1.62 bits per heavy atom. The molecule has 3 heterocycles. The van der Waals surface area contributed by atoms with Crippen LogP contribution in [0.2, 0.25) is 0 Å². The number of nitrogens with one attached hydrogen (secondary N) is 1. The number of ether oxygens (including phenoxy) is 1. The predicted octanol–water partition coefficient (Wildman–Crippen LogP) is 7.82. The molecular weight excluding hydrogens is 615 g/mol. The minimum Gasteiger partial charge on any atom is -0.463 e. The fraction of sp³-hybridized carbons (Fsp3) is 0.195. The van der Waals surface area contributed by atoms with Crippen LogP contribution in [0.25, 0.3) is 33.9 Å². The van der Waals surface area contributed by atoms with Gasteiger partial charge >= 0.3 is 5.97 Å². The first kappa shape index (κ1) is 31.3. The first-order chi connectivity index (χ1) is 23.2. The highest BCUT2D eigenvalue weighted by Crippen LogP contribution is 2.36. The summed E-state index contributed by atoms with van der Waals surface area (Å²) in [5.41, 5.74) is 9.69. The predicted molar refractivity (Wildman–Crippen MR) is 195 cm³/mol. The molecule has 6 nitrogen and oxygen atoms in total. The van der Waals surface area contributed by atoms with Gasteiger partial charge in [0.2, 0.25) is 0 Å². The Kier molecular flexibility index (Phi) is 8.31. The summed E-state index contributed by atoms with van der Waals surface area (Å²) < 4.78 is 7.86. The molecule has 0 amide bonds. The molecule has 0 fully saturated rings. The van der Waals surface area contributed by atoms with E-state index in [1.807, 2.05) is 66.7 Å². The summed E-state index contributed by atoms with van der Waals surface area (Å²) in [6.07, 6.45) is 1.99. The smallest absolute Gasteiger partial charge is 0.338 e. The Morgan fingerprint density at radius 1 is 0.958 bits per heavy atom. The number of esters is 1. The molecule has 0 spiro atoms. The second-order valence-electron chi connectivity index (χ2n) is 12.5. The third kappa shape index (κ3) is 5.54. The highest BCUT2D eigenvalue weighted by atomic mass is 32.1. The van der Waals surface area contributed by atoms with Crippen LogP contribution in [0.1, 0.15) is 66.1 Å². The monoisotopic (exact) mass is 651 g/mol. The van der Waals surface area contributed by atoms with Gasteiger partial charge in [0.15, 0.2) is 4.80 Å². The van der Waals surface area contributed by atoms with Gasteiger partial charge in [0.05, 0.1) is 34.1 Å². The molecule has 0 bridgehead atoms. The number of aromatic nitrogens is 2.